The SMILES string of the molecule is CNC(c1ccc(F)cc1C)C1CN(C)CCO1. The molecule has 2 atom stereocenters. The summed E-state index contributed by atoms with van der Waals surface area (Å²) in [5.74, 6) is -0.187. The van der Waals surface area contributed by atoms with Gasteiger partial charge in [0.2, 0.25) is 0 Å². The fourth-order valence-corrected chi connectivity index (χ4v) is 2.54. The second-order valence-electron chi connectivity index (χ2n) is 4.94. The minimum Gasteiger partial charge on any atom is -0.374 e. The van der Waals surface area contributed by atoms with E-state index in [4.69, 9.17) is 4.74 Å². The molecule has 0 spiro atoms. The molecule has 0 aliphatic carbocycles. The first kappa shape index (κ1) is 13.5. The molecule has 0 aromatic heterocycles. The molecular formula is C14H21FN2O. The molecule has 1 aromatic carbocycles. The molecule has 2 rings (SSSR count). The highest BCUT2D eigenvalue weighted by Gasteiger charge is 2.27. The molecule has 3 nitrogen and oxygen atoms in total. The Morgan fingerprint density at radius 2 is 2.28 bits per heavy atom. The first-order valence-electron chi connectivity index (χ1n) is 6.35. The third-order valence-electron chi connectivity index (χ3n) is 3.55. The van der Waals surface area contributed by atoms with Gasteiger partial charge in [0.05, 0.1) is 18.8 Å². The van der Waals surface area contributed by atoms with Crippen LogP contribution < -0.4 is 5.32 Å². The summed E-state index contributed by atoms with van der Waals surface area (Å²) in [4.78, 5) is 2.26. The number of hydrogen-bond donors (Lipinski definition) is 1. The zero-order chi connectivity index (χ0) is 13.1. The lowest BCUT2D eigenvalue weighted by atomic mass is 9.96. The highest BCUT2D eigenvalue weighted by atomic mass is 19.1. The number of hydrogen-bond acceptors (Lipinski definition) is 3. The van der Waals surface area contributed by atoms with E-state index in [9.17, 15) is 4.39 Å². The normalized spacial score (nSPS) is 23.0. The van der Waals surface area contributed by atoms with Crippen molar-refractivity contribution in [2.24, 2.45) is 0 Å². The van der Waals surface area contributed by atoms with Gasteiger partial charge in [-0.3, -0.25) is 0 Å². The summed E-state index contributed by atoms with van der Waals surface area (Å²) in [7, 11) is 4.02. The van der Waals surface area contributed by atoms with Crippen molar-refractivity contribution in [3.8, 4) is 0 Å². The van der Waals surface area contributed by atoms with Gasteiger partial charge in [0.25, 0.3) is 0 Å². The summed E-state index contributed by atoms with van der Waals surface area (Å²) in [6.45, 7) is 4.55. The second kappa shape index (κ2) is 5.78. The molecule has 18 heavy (non-hydrogen) atoms. The quantitative estimate of drug-likeness (QED) is 0.886. The standard InChI is InChI=1S/C14H21FN2O/c1-10-8-11(15)4-5-12(10)14(16-2)13-9-17(3)6-7-18-13/h4-5,8,13-14,16H,6-7,9H2,1-3H3. The molecule has 1 aromatic rings. The Hall–Kier alpha value is -0.970. The van der Waals surface area contributed by atoms with Gasteiger partial charge < -0.3 is 15.0 Å². The van der Waals surface area contributed by atoms with Crippen molar-refractivity contribution >= 4 is 0 Å². The van der Waals surface area contributed by atoms with Crippen molar-refractivity contribution in [1.29, 1.82) is 0 Å². The zero-order valence-electron chi connectivity index (χ0n) is 11.2. The number of nitrogens with zero attached hydrogens (tertiary/aromatic N) is 1. The Labute approximate surface area is 108 Å². The van der Waals surface area contributed by atoms with Crippen molar-refractivity contribution in [3.05, 3.63) is 35.1 Å². The van der Waals surface area contributed by atoms with Crippen LogP contribution in [0.3, 0.4) is 0 Å². The van der Waals surface area contributed by atoms with Crippen molar-refractivity contribution in [2.75, 3.05) is 33.8 Å². The highest BCUT2D eigenvalue weighted by Crippen LogP contribution is 2.25. The van der Waals surface area contributed by atoms with E-state index in [0.29, 0.717) is 0 Å². The summed E-state index contributed by atoms with van der Waals surface area (Å²) in [5.41, 5.74) is 2.07. The van der Waals surface area contributed by atoms with Crippen LogP contribution in [0, 0.1) is 12.7 Å². The third-order valence-corrected chi connectivity index (χ3v) is 3.55. The van der Waals surface area contributed by atoms with E-state index in [0.717, 1.165) is 30.8 Å². The lowest BCUT2D eigenvalue weighted by Crippen LogP contribution is -2.46. The van der Waals surface area contributed by atoms with Crippen molar-refractivity contribution in [2.45, 2.75) is 19.1 Å². The molecular weight excluding hydrogens is 231 g/mol. The number of likely N-dealkylation sites (N-methyl/N-ethyl adjacent to an activating group) is 2. The van der Waals surface area contributed by atoms with E-state index in [1.54, 1.807) is 6.07 Å². The van der Waals surface area contributed by atoms with Crippen LogP contribution in [0.4, 0.5) is 4.39 Å². The largest absolute Gasteiger partial charge is 0.374 e. The molecule has 1 aliphatic heterocycles. The molecule has 1 N–H and O–H groups in total. The van der Waals surface area contributed by atoms with E-state index in [1.807, 2.05) is 20.0 Å². The van der Waals surface area contributed by atoms with Crippen LogP contribution >= 0.6 is 0 Å². The summed E-state index contributed by atoms with van der Waals surface area (Å²) in [5, 5.41) is 3.29. The smallest absolute Gasteiger partial charge is 0.123 e. The van der Waals surface area contributed by atoms with Gasteiger partial charge in [-0.25, -0.2) is 4.39 Å². The molecule has 1 aliphatic rings. The molecule has 2 unspecified atom stereocenters. The fourth-order valence-electron chi connectivity index (χ4n) is 2.54. The molecule has 1 fully saturated rings. The average Bonchev–Trinajstić information content (AvgIpc) is 2.33. The Balaban J connectivity index is 2.21. The van der Waals surface area contributed by atoms with Crippen molar-refractivity contribution in [1.82, 2.24) is 10.2 Å². The number of aryl methyl sites for hydroxylation is 1. The predicted molar refractivity (Wildman–Crippen MR) is 70.2 cm³/mol. The number of nitrogens with one attached hydrogen (secondary N) is 1. The average molecular weight is 252 g/mol. The van der Waals surface area contributed by atoms with Crippen LogP contribution in [0.1, 0.15) is 17.2 Å². The first-order valence-corrected chi connectivity index (χ1v) is 6.35. The minimum atomic E-state index is -0.187. The maximum atomic E-state index is 13.2. The number of halogens is 1. The van der Waals surface area contributed by atoms with Gasteiger partial charge in [0.1, 0.15) is 5.82 Å². The highest BCUT2D eigenvalue weighted by molar-refractivity contribution is 5.30. The number of rotatable bonds is 3. The van der Waals surface area contributed by atoms with E-state index < -0.39 is 0 Å². The maximum Gasteiger partial charge on any atom is 0.123 e. The molecule has 100 valence electrons. The summed E-state index contributed by atoms with van der Waals surface area (Å²) < 4.78 is 19.0. The van der Waals surface area contributed by atoms with Gasteiger partial charge in [-0.15, -0.1) is 0 Å². The summed E-state index contributed by atoms with van der Waals surface area (Å²) in [6.07, 6.45) is 0.109. The number of morpholine rings is 1. The van der Waals surface area contributed by atoms with Crippen LogP contribution in [0.2, 0.25) is 0 Å². The Kier molecular flexibility index (Phi) is 4.32. The predicted octanol–water partition coefficient (Wildman–Crippen LogP) is 1.73. The van der Waals surface area contributed by atoms with Crippen molar-refractivity contribution < 1.29 is 9.13 Å². The van der Waals surface area contributed by atoms with E-state index >= 15 is 0 Å². The lowest BCUT2D eigenvalue weighted by molar-refractivity contribution is -0.0381. The van der Waals surface area contributed by atoms with Gasteiger partial charge in [-0.2, -0.15) is 0 Å². The monoisotopic (exact) mass is 252 g/mol. The van der Waals surface area contributed by atoms with E-state index in [2.05, 4.69) is 17.3 Å². The number of ether oxygens (including phenoxy) is 1. The summed E-state index contributed by atoms with van der Waals surface area (Å²) in [6, 6.07) is 5.04. The van der Waals surface area contributed by atoms with E-state index in [1.165, 1.54) is 6.07 Å². The molecule has 4 heteroatoms. The van der Waals surface area contributed by atoms with Crippen LogP contribution in [0.25, 0.3) is 0 Å². The maximum absolute atomic E-state index is 13.2. The lowest BCUT2D eigenvalue weighted by Gasteiger charge is -2.35. The fraction of sp³-hybridized carbons (Fsp3) is 0.571. The van der Waals surface area contributed by atoms with Gasteiger partial charge in [-0.1, -0.05) is 6.07 Å². The van der Waals surface area contributed by atoms with Gasteiger partial charge in [-0.05, 0) is 44.3 Å². The zero-order valence-corrected chi connectivity index (χ0v) is 11.2. The van der Waals surface area contributed by atoms with Crippen LogP contribution in [0.5, 0.6) is 0 Å². The molecule has 0 radical (unpaired) electrons. The Morgan fingerprint density at radius 1 is 1.50 bits per heavy atom. The molecule has 1 heterocycles. The van der Waals surface area contributed by atoms with Crippen LogP contribution in [-0.2, 0) is 4.74 Å². The van der Waals surface area contributed by atoms with Gasteiger partial charge >= 0.3 is 0 Å². The van der Waals surface area contributed by atoms with Gasteiger partial charge in [0, 0.05) is 13.1 Å². The Morgan fingerprint density at radius 3 is 2.89 bits per heavy atom. The third kappa shape index (κ3) is 2.88. The molecule has 0 bridgehead atoms. The minimum absolute atomic E-state index is 0.105. The van der Waals surface area contributed by atoms with Crippen LogP contribution in [-0.4, -0.2) is 44.8 Å². The van der Waals surface area contributed by atoms with Crippen molar-refractivity contribution in [3.63, 3.8) is 0 Å². The summed E-state index contributed by atoms with van der Waals surface area (Å²) >= 11 is 0. The first-order chi connectivity index (χ1) is 8.61. The van der Waals surface area contributed by atoms with Crippen LogP contribution in [0.15, 0.2) is 18.2 Å². The number of benzene rings is 1. The van der Waals surface area contributed by atoms with E-state index in [-0.39, 0.29) is 18.0 Å². The molecule has 0 amide bonds. The molecule has 1 saturated heterocycles. The Bertz CT molecular complexity index is 411. The van der Waals surface area contributed by atoms with Gasteiger partial charge in [0.15, 0.2) is 0 Å². The second-order valence-corrected chi connectivity index (χ2v) is 4.94. The molecule has 0 saturated carbocycles. The topological polar surface area (TPSA) is 24.5 Å².